The summed E-state index contributed by atoms with van der Waals surface area (Å²) in [5.74, 6) is 0.888. The van der Waals surface area contributed by atoms with Crippen molar-refractivity contribution in [1.29, 1.82) is 0 Å². The number of rotatable bonds is 7. The molecule has 0 aliphatic heterocycles. The third-order valence-corrected chi connectivity index (χ3v) is 3.61. The first-order chi connectivity index (χ1) is 10.2. The smallest absolute Gasteiger partial charge is 0.124 e. The molecule has 3 heteroatoms. The molecule has 0 radical (unpaired) electrons. The minimum atomic E-state index is 0.217. The number of nitrogens with one attached hydrogen (secondary N) is 1. The average molecular weight is 304 g/mol. The van der Waals surface area contributed by atoms with E-state index < -0.39 is 0 Å². The van der Waals surface area contributed by atoms with Gasteiger partial charge in [-0.3, -0.25) is 0 Å². The van der Waals surface area contributed by atoms with Crippen molar-refractivity contribution >= 4 is 11.6 Å². The minimum Gasteiger partial charge on any atom is -0.489 e. The summed E-state index contributed by atoms with van der Waals surface area (Å²) in [5.41, 5.74) is 2.26. The van der Waals surface area contributed by atoms with Crippen LogP contribution in [-0.4, -0.2) is 6.54 Å². The van der Waals surface area contributed by atoms with Gasteiger partial charge in [-0.25, -0.2) is 0 Å². The van der Waals surface area contributed by atoms with E-state index in [2.05, 4.69) is 31.3 Å². The molecule has 1 atom stereocenters. The van der Waals surface area contributed by atoms with E-state index in [1.807, 2.05) is 36.4 Å². The fourth-order valence-electron chi connectivity index (χ4n) is 2.20. The minimum absolute atomic E-state index is 0.217. The van der Waals surface area contributed by atoms with Gasteiger partial charge >= 0.3 is 0 Å². The molecular formula is C18H22ClNO. The summed E-state index contributed by atoms with van der Waals surface area (Å²) in [5, 5.41) is 4.21. The van der Waals surface area contributed by atoms with Crippen LogP contribution in [0.15, 0.2) is 48.5 Å². The number of hydrogen-bond acceptors (Lipinski definition) is 2. The summed E-state index contributed by atoms with van der Waals surface area (Å²) >= 11 is 6.13. The first kappa shape index (κ1) is 15.9. The molecule has 0 aliphatic carbocycles. The predicted octanol–water partition coefficient (Wildman–Crippen LogP) is 4.98. The zero-order valence-electron chi connectivity index (χ0n) is 12.6. The molecule has 0 saturated heterocycles. The molecule has 2 aromatic rings. The van der Waals surface area contributed by atoms with E-state index in [1.165, 1.54) is 0 Å². The maximum atomic E-state index is 6.13. The summed E-state index contributed by atoms with van der Waals surface area (Å²) in [7, 11) is 0. The van der Waals surface area contributed by atoms with Gasteiger partial charge in [0.25, 0.3) is 0 Å². The van der Waals surface area contributed by atoms with Crippen LogP contribution in [0.25, 0.3) is 0 Å². The van der Waals surface area contributed by atoms with Crippen molar-refractivity contribution in [1.82, 2.24) is 5.32 Å². The van der Waals surface area contributed by atoms with Crippen LogP contribution in [0.2, 0.25) is 5.02 Å². The molecule has 2 rings (SSSR count). The number of benzene rings is 2. The van der Waals surface area contributed by atoms with Crippen molar-refractivity contribution in [2.24, 2.45) is 0 Å². The van der Waals surface area contributed by atoms with Crippen molar-refractivity contribution in [3.05, 3.63) is 64.7 Å². The van der Waals surface area contributed by atoms with Gasteiger partial charge in [0.2, 0.25) is 0 Å². The van der Waals surface area contributed by atoms with Crippen LogP contribution in [-0.2, 0) is 6.61 Å². The summed E-state index contributed by atoms with van der Waals surface area (Å²) in [4.78, 5) is 0. The Kier molecular flexibility index (Phi) is 6.09. The van der Waals surface area contributed by atoms with E-state index in [0.717, 1.165) is 34.9 Å². The SMILES string of the molecule is CCCNC(C)c1cc(Cl)ccc1OCc1ccccc1. The fraction of sp³-hybridized carbons (Fsp3) is 0.333. The quantitative estimate of drug-likeness (QED) is 0.779. The molecular weight excluding hydrogens is 282 g/mol. The highest BCUT2D eigenvalue weighted by Crippen LogP contribution is 2.29. The highest BCUT2D eigenvalue weighted by atomic mass is 35.5. The Bertz CT molecular complexity index is 556. The molecule has 2 nitrogen and oxygen atoms in total. The van der Waals surface area contributed by atoms with Crippen LogP contribution in [0.5, 0.6) is 5.75 Å². The second-order valence-electron chi connectivity index (χ2n) is 5.13. The van der Waals surface area contributed by atoms with Crippen molar-refractivity contribution in [2.45, 2.75) is 32.9 Å². The molecule has 0 bridgehead atoms. The Morgan fingerprint density at radius 1 is 1.14 bits per heavy atom. The first-order valence-electron chi connectivity index (χ1n) is 7.40. The van der Waals surface area contributed by atoms with E-state index in [1.54, 1.807) is 0 Å². The van der Waals surface area contributed by atoms with Crippen LogP contribution in [0, 0.1) is 0 Å². The van der Waals surface area contributed by atoms with Crippen LogP contribution in [0.4, 0.5) is 0 Å². The van der Waals surface area contributed by atoms with E-state index in [4.69, 9.17) is 16.3 Å². The average Bonchev–Trinajstić information content (AvgIpc) is 2.52. The lowest BCUT2D eigenvalue weighted by molar-refractivity contribution is 0.299. The van der Waals surface area contributed by atoms with Gasteiger partial charge in [0.15, 0.2) is 0 Å². The summed E-state index contributed by atoms with van der Waals surface area (Å²) in [6.07, 6.45) is 1.10. The van der Waals surface area contributed by atoms with Gasteiger partial charge in [-0.15, -0.1) is 0 Å². The highest BCUT2D eigenvalue weighted by molar-refractivity contribution is 6.30. The molecule has 1 unspecified atom stereocenters. The fourth-order valence-corrected chi connectivity index (χ4v) is 2.38. The monoisotopic (exact) mass is 303 g/mol. The van der Waals surface area contributed by atoms with E-state index in [-0.39, 0.29) is 6.04 Å². The molecule has 1 N–H and O–H groups in total. The van der Waals surface area contributed by atoms with Gasteiger partial charge in [0, 0.05) is 16.6 Å². The number of ether oxygens (including phenoxy) is 1. The molecule has 0 saturated carbocycles. The van der Waals surface area contributed by atoms with Gasteiger partial charge < -0.3 is 10.1 Å². The third-order valence-electron chi connectivity index (χ3n) is 3.38. The lowest BCUT2D eigenvalue weighted by Gasteiger charge is -2.18. The van der Waals surface area contributed by atoms with Crippen molar-refractivity contribution in [3.8, 4) is 5.75 Å². The second kappa shape index (κ2) is 8.06. The molecule has 0 fully saturated rings. The van der Waals surface area contributed by atoms with Gasteiger partial charge in [-0.2, -0.15) is 0 Å². The molecule has 0 aromatic heterocycles. The zero-order valence-corrected chi connectivity index (χ0v) is 13.4. The Morgan fingerprint density at radius 3 is 2.62 bits per heavy atom. The molecule has 21 heavy (non-hydrogen) atoms. The van der Waals surface area contributed by atoms with Crippen LogP contribution in [0.1, 0.15) is 37.4 Å². The maximum absolute atomic E-state index is 6.13. The van der Waals surface area contributed by atoms with Crippen LogP contribution in [0.3, 0.4) is 0 Å². The van der Waals surface area contributed by atoms with Crippen molar-refractivity contribution in [3.63, 3.8) is 0 Å². The van der Waals surface area contributed by atoms with E-state index in [9.17, 15) is 0 Å². The lowest BCUT2D eigenvalue weighted by atomic mass is 10.1. The summed E-state index contributed by atoms with van der Waals surface area (Å²) in [6, 6.07) is 16.2. The third kappa shape index (κ3) is 4.76. The first-order valence-corrected chi connectivity index (χ1v) is 7.78. The molecule has 0 aliphatic rings. The summed E-state index contributed by atoms with van der Waals surface area (Å²) in [6.45, 7) is 5.84. The lowest BCUT2D eigenvalue weighted by Crippen LogP contribution is -2.20. The van der Waals surface area contributed by atoms with Crippen molar-refractivity contribution in [2.75, 3.05) is 6.54 Å². The Balaban J connectivity index is 2.11. The molecule has 0 spiro atoms. The highest BCUT2D eigenvalue weighted by Gasteiger charge is 2.12. The van der Waals surface area contributed by atoms with E-state index in [0.29, 0.717) is 6.61 Å². The van der Waals surface area contributed by atoms with E-state index >= 15 is 0 Å². The topological polar surface area (TPSA) is 21.3 Å². The maximum Gasteiger partial charge on any atom is 0.124 e. The van der Waals surface area contributed by atoms with Gasteiger partial charge in [-0.1, -0.05) is 48.9 Å². The van der Waals surface area contributed by atoms with Gasteiger partial charge in [0.1, 0.15) is 12.4 Å². The molecule has 2 aromatic carbocycles. The predicted molar refractivity (Wildman–Crippen MR) is 88.9 cm³/mol. The van der Waals surface area contributed by atoms with Crippen LogP contribution >= 0.6 is 11.6 Å². The number of hydrogen-bond donors (Lipinski definition) is 1. The molecule has 0 heterocycles. The number of halogens is 1. The van der Waals surface area contributed by atoms with Gasteiger partial charge in [0.05, 0.1) is 0 Å². The largest absolute Gasteiger partial charge is 0.489 e. The second-order valence-corrected chi connectivity index (χ2v) is 5.57. The Morgan fingerprint density at radius 2 is 1.90 bits per heavy atom. The van der Waals surface area contributed by atoms with Gasteiger partial charge in [-0.05, 0) is 43.7 Å². The normalized spacial score (nSPS) is 12.1. The van der Waals surface area contributed by atoms with Crippen molar-refractivity contribution < 1.29 is 4.74 Å². The Hall–Kier alpha value is -1.51. The molecule has 0 amide bonds. The zero-order chi connectivity index (χ0) is 15.1. The van der Waals surface area contributed by atoms with Crippen LogP contribution < -0.4 is 10.1 Å². The standard InChI is InChI=1S/C18H22ClNO/c1-3-11-20-14(2)17-12-16(19)9-10-18(17)21-13-15-7-5-4-6-8-15/h4-10,12,14,20H,3,11,13H2,1-2H3. The molecule has 112 valence electrons. The summed E-state index contributed by atoms with van der Waals surface area (Å²) < 4.78 is 5.98. The Labute approximate surface area is 132 Å².